The highest BCUT2D eigenvalue weighted by Gasteiger charge is 1.59. The first-order valence-corrected chi connectivity index (χ1v) is 2.74. The van der Waals surface area contributed by atoms with Gasteiger partial charge in [0.25, 0.3) is 0 Å². The van der Waals surface area contributed by atoms with Crippen molar-refractivity contribution >= 4 is 0 Å². The Morgan fingerprint density at radius 2 is 2.00 bits per heavy atom. The zero-order valence-electron chi connectivity index (χ0n) is 5.09. The molecule has 0 aliphatic carbocycles. The first kappa shape index (κ1) is 7.22. The molecule has 42 valence electrons. The fourth-order valence-corrected chi connectivity index (χ4v) is 0.334. The highest BCUT2D eigenvalue weighted by atomic mass is 13.7. The maximum absolute atomic E-state index is 6.59. The zero-order chi connectivity index (χ0) is 6.24. The summed E-state index contributed by atoms with van der Waals surface area (Å²) < 4.78 is 0. The number of allylic oxidation sites excluding steroid dienone is 5. The largest absolute Gasteiger partial charge is 0.0848 e. The van der Waals surface area contributed by atoms with E-state index in [0.29, 0.717) is 0 Å². The Morgan fingerprint density at radius 1 is 1.25 bits per heavy atom. The van der Waals surface area contributed by atoms with Gasteiger partial charge in [0.05, 0.1) is 0 Å². The summed E-state index contributed by atoms with van der Waals surface area (Å²) in [5.41, 5.74) is 0. The van der Waals surface area contributed by atoms with Crippen molar-refractivity contribution < 1.29 is 0 Å². The molecule has 0 nitrogen and oxygen atoms in total. The molecule has 0 spiro atoms. The molecule has 0 aromatic carbocycles. The molecule has 0 unspecified atom stereocenters. The van der Waals surface area contributed by atoms with Crippen molar-refractivity contribution in [1.29, 1.82) is 0 Å². The van der Waals surface area contributed by atoms with Crippen molar-refractivity contribution in [3.8, 4) is 0 Å². The molecule has 2 radical (unpaired) electrons. The fraction of sp³-hybridized carbons (Fsp3) is 0.250. The first-order valence-electron chi connectivity index (χ1n) is 2.74. The third-order valence-electron chi connectivity index (χ3n) is 0.690. The fourth-order valence-electron chi connectivity index (χ4n) is 0.334. The van der Waals surface area contributed by atoms with E-state index < -0.39 is 0 Å². The molecule has 0 heteroatoms. The SMILES string of the molecule is [C]=CC=CC=CCC. The second kappa shape index (κ2) is 6.22. The van der Waals surface area contributed by atoms with Crippen LogP contribution in [0.3, 0.4) is 0 Å². The van der Waals surface area contributed by atoms with E-state index in [1.165, 1.54) is 6.08 Å². The van der Waals surface area contributed by atoms with E-state index in [4.69, 9.17) is 6.58 Å². The Morgan fingerprint density at radius 3 is 2.50 bits per heavy atom. The van der Waals surface area contributed by atoms with Crippen molar-refractivity contribution in [2.75, 3.05) is 0 Å². The standard InChI is InChI=1S/C8H10/c1-3-5-7-8-6-4-2/h4-8H,3H2,1H3. The predicted molar refractivity (Wildman–Crippen MR) is 36.4 cm³/mol. The molecule has 0 fully saturated rings. The Bertz CT molecular complexity index is 96.6. The number of rotatable bonds is 3. The molecule has 0 amide bonds. The van der Waals surface area contributed by atoms with E-state index in [1.54, 1.807) is 6.08 Å². The van der Waals surface area contributed by atoms with Gasteiger partial charge in [-0.05, 0) is 13.0 Å². The molecule has 0 heterocycles. The van der Waals surface area contributed by atoms with E-state index in [1.807, 2.05) is 18.2 Å². The minimum absolute atomic E-state index is 1.06. The minimum atomic E-state index is 1.06. The van der Waals surface area contributed by atoms with E-state index in [-0.39, 0.29) is 0 Å². The van der Waals surface area contributed by atoms with Crippen LogP contribution in [0.5, 0.6) is 0 Å². The van der Waals surface area contributed by atoms with Crippen molar-refractivity contribution in [3.05, 3.63) is 37.0 Å². The zero-order valence-corrected chi connectivity index (χ0v) is 5.09. The van der Waals surface area contributed by atoms with E-state index in [0.717, 1.165) is 6.42 Å². The van der Waals surface area contributed by atoms with E-state index >= 15 is 0 Å². The highest BCUT2D eigenvalue weighted by molar-refractivity contribution is 5.07. The normalized spacial score (nSPS) is 11.1. The molecular weight excluding hydrogens is 96.1 g/mol. The lowest BCUT2D eigenvalue weighted by Gasteiger charge is -1.71. The van der Waals surface area contributed by atoms with Gasteiger partial charge >= 0.3 is 0 Å². The second-order valence-electron chi connectivity index (χ2n) is 1.39. The van der Waals surface area contributed by atoms with Gasteiger partial charge in [0.15, 0.2) is 0 Å². The van der Waals surface area contributed by atoms with Crippen LogP contribution in [0.4, 0.5) is 0 Å². The van der Waals surface area contributed by atoms with Crippen LogP contribution in [-0.4, -0.2) is 0 Å². The molecule has 0 bridgehead atoms. The lowest BCUT2D eigenvalue weighted by Crippen LogP contribution is -1.49. The number of hydrogen-bond acceptors (Lipinski definition) is 0. The third kappa shape index (κ3) is 5.22. The van der Waals surface area contributed by atoms with Gasteiger partial charge < -0.3 is 0 Å². The van der Waals surface area contributed by atoms with Gasteiger partial charge in [-0.1, -0.05) is 37.3 Å². The molecule has 0 saturated carbocycles. The first-order chi connectivity index (χ1) is 3.91. The Labute approximate surface area is 51.2 Å². The van der Waals surface area contributed by atoms with Crippen LogP contribution in [0, 0.1) is 6.58 Å². The summed E-state index contributed by atoms with van der Waals surface area (Å²) in [6.45, 7) is 8.67. The lowest BCUT2D eigenvalue weighted by atomic mass is 10.4. The number of hydrogen-bond donors (Lipinski definition) is 0. The predicted octanol–water partition coefficient (Wildman–Crippen LogP) is 2.37. The molecule has 8 heavy (non-hydrogen) atoms. The van der Waals surface area contributed by atoms with Gasteiger partial charge in [-0.2, -0.15) is 0 Å². The molecule has 0 saturated heterocycles. The smallest absolute Gasteiger partial charge is 0.00990 e. The quantitative estimate of drug-likeness (QED) is 0.484. The summed E-state index contributed by atoms with van der Waals surface area (Å²) in [7, 11) is 0. The highest BCUT2D eigenvalue weighted by Crippen LogP contribution is 1.80. The summed E-state index contributed by atoms with van der Waals surface area (Å²) in [6.07, 6.45) is 9.83. The van der Waals surface area contributed by atoms with Crippen LogP contribution < -0.4 is 0 Å². The van der Waals surface area contributed by atoms with Crippen LogP contribution in [-0.2, 0) is 0 Å². The molecule has 0 rings (SSSR count). The Balaban J connectivity index is 3.26. The maximum atomic E-state index is 6.59. The van der Waals surface area contributed by atoms with Gasteiger partial charge in [-0.15, -0.1) is 0 Å². The average molecular weight is 106 g/mol. The van der Waals surface area contributed by atoms with Crippen molar-refractivity contribution in [1.82, 2.24) is 0 Å². The van der Waals surface area contributed by atoms with Crippen LogP contribution in [0.2, 0.25) is 0 Å². The van der Waals surface area contributed by atoms with Gasteiger partial charge in [-0.25, -0.2) is 0 Å². The summed E-state index contributed by atoms with van der Waals surface area (Å²) in [5.74, 6) is 0. The molecule has 0 aliphatic rings. The van der Waals surface area contributed by atoms with Crippen molar-refractivity contribution in [3.63, 3.8) is 0 Å². The monoisotopic (exact) mass is 106 g/mol. The van der Waals surface area contributed by atoms with E-state index in [2.05, 4.69) is 6.92 Å². The maximum Gasteiger partial charge on any atom is -0.00990 e. The van der Waals surface area contributed by atoms with Gasteiger partial charge in [0.2, 0.25) is 0 Å². The van der Waals surface area contributed by atoms with Crippen molar-refractivity contribution in [2.45, 2.75) is 13.3 Å². The molecule has 0 aromatic rings. The second-order valence-corrected chi connectivity index (χ2v) is 1.39. The van der Waals surface area contributed by atoms with E-state index in [9.17, 15) is 0 Å². The lowest BCUT2D eigenvalue weighted by molar-refractivity contribution is 1.22. The minimum Gasteiger partial charge on any atom is -0.0848 e. The molecule has 0 atom stereocenters. The van der Waals surface area contributed by atoms with Gasteiger partial charge in [0.1, 0.15) is 0 Å². The van der Waals surface area contributed by atoms with Crippen molar-refractivity contribution in [2.24, 2.45) is 0 Å². The molecule has 0 N–H and O–H groups in total. The van der Waals surface area contributed by atoms with Gasteiger partial charge in [0, 0.05) is 0 Å². The van der Waals surface area contributed by atoms with Gasteiger partial charge in [-0.3, -0.25) is 0 Å². The summed E-state index contributed by atoms with van der Waals surface area (Å²) >= 11 is 0. The van der Waals surface area contributed by atoms with Crippen LogP contribution >= 0.6 is 0 Å². The third-order valence-corrected chi connectivity index (χ3v) is 0.690. The van der Waals surface area contributed by atoms with Crippen LogP contribution in [0.15, 0.2) is 30.4 Å². The van der Waals surface area contributed by atoms with Crippen LogP contribution in [0.25, 0.3) is 0 Å². The molecule has 0 aliphatic heterocycles. The van der Waals surface area contributed by atoms with Crippen LogP contribution in [0.1, 0.15) is 13.3 Å². The Hall–Kier alpha value is -0.780. The summed E-state index contributed by atoms with van der Waals surface area (Å²) in [6, 6.07) is 0. The topological polar surface area (TPSA) is 0 Å². The summed E-state index contributed by atoms with van der Waals surface area (Å²) in [5, 5.41) is 0. The Kier molecular flexibility index (Phi) is 5.61. The average Bonchev–Trinajstić information content (AvgIpc) is 1.81. The molecular formula is C8H10. The summed E-state index contributed by atoms with van der Waals surface area (Å²) in [4.78, 5) is 0. The molecule has 0 aromatic heterocycles.